The number of hydrogen-bond acceptors (Lipinski definition) is 7. The van der Waals surface area contributed by atoms with Crippen molar-refractivity contribution in [3.8, 4) is 5.75 Å². The normalized spacial score (nSPS) is 22.5. The summed E-state index contributed by atoms with van der Waals surface area (Å²) in [5.41, 5.74) is 2.29. The van der Waals surface area contributed by atoms with Crippen LogP contribution in [0.25, 0.3) is 6.08 Å². The lowest BCUT2D eigenvalue weighted by Gasteiger charge is -2.37. The molecule has 208 valence electrons. The maximum atomic E-state index is 13.2. The zero-order chi connectivity index (χ0) is 27.7. The molecule has 3 heterocycles. The van der Waals surface area contributed by atoms with Gasteiger partial charge in [0.15, 0.2) is 5.13 Å². The summed E-state index contributed by atoms with van der Waals surface area (Å²) in [6.07, 6.45) is 4.24. The van der Waals surface area contributed by atoms with Crippen LogP contribution < -0.4 is 20.7 Å². The van der Waals surface area contributed by atoms with Gasteiger partial charge in [-0.15, -0.1) is 11.3 Å². The molecule has 5 rings (SSSR count). The number of carbonyl (C=O) groups excluding carboxylic acids is 3. The van der Waals surface area contributed by atoms with Crippen LogP contribution >= 0.6 is 22.9 Å². The topological polar surface area (TPSA) is 116 Å². The van der Waals surface area contributed by atoms with Crippen LogP contribution in [0.5, 0.6) is 5.75 Å². The summed E-state index contributed by atoms with van der Waals surface area (Å²) >= 11 is 7.53. The predicted octanol–water partition coefficient (Wildman–Crippen LogP) is 3.12. The standard InChI is InChI=1S/C27H33ClN6O4S/c1-33(2)25(36)16-5-7-19(29-24(35)17-10-15-4-6-18(28)12-22(15)38-14-17)21(11-16)30-26(37)32-27-31-20-8-9-34(3)13-23(20)39-27/h4,6,10,12,16,19,21H,5,7-9,11,13-14H2,1-3H3,(H,29,35)(H2,30,31,32,37)/t16-,19-,21+/m0/s1. The second-order valence-electron chi connectivity index (χ2n) is 10.5. The number of hydrogen-bond donors (Lipinski definition) is 3. The first-order valence-electron chi connectivity index (χ1n) is 13.1. The third-order valence-corrected chi connectivity index (χ3v) is 8.63. The number of nitrogens with zero attached hydrogens (tertiary/aromatic N) is 3. The Morgan fingerprint density at radius 2 is 2.00 bits per heavy atom. The third-order valence-electron chi connectivity index (χ3n) is 7.40. The summed E-state index contributed by atoms with van der Waals surface area (Å²) in [6, 6.07) is 4.10. The van der Waals surface area contributed by atoms with E-state index in [2.05, 4.69) is 32.9 Å². The third kappa shape index (κ3) is 6.37. The van der Waals surface area contributed by atoms with Crippen LogP contribution in [0.4, 0.5) is 9.93 Å². The largest absolute Gasteiger partial charge is 0.488 e. The van der Waals surface area contributed by atoms with Crippen LogP contribution in [0.1, 0.15) is 35.4 Å². The van der Waals surface area contributed by atoms with Crippen molar-refractivity contribution in [1.82, 2.24) is 25.4 Å². The molecule has 1 fully saturated rings. The highest BCUT2D eigenvalue weighted by atomic mass is 35.5. The monoisotopic (exact) mass is 572 g/mol. The number of amides is 4. The molecule has 3 atom stereocenters. The predicted molar refractivity (Wildman–Crippen MR) is 151 cm³/mol. The van der Waals surface area contributed by atoms with Crippen LogP contribution in [0.15, 0.2) is 23.8 Å². The summed E-state index contributed by atoms with van der Waals surface area (Å²) in [5, 5.41) is 10.1. The summed E-state index contributed by atoms with van der Waals surface area (Å²) in [6.45, 7) is 1.88. The van der Waals surface area contributed by atoms with E-state index in [0.717, 1.165) is 35.6 Å². The smallest absolute Gasteiger partial charge is 0.321 e. The molecule has 0 radical (unpaired) electrons. The fraction of sp³-hybridized carbons (Fsp3) is 0.481. The molecule has 1 aromatic heterocycles. The second-order valence-corrected chi connectivity index (χ2v) is 12.1. The van der Waals surface area contributed by atoms with Gasteiger partial charge in [0.2, 0.25) is 5.91 Å². The minimum Gasteiger partial charge on any atom is -0.488 e. The summed E-state index contributed by atoms with van der Waals surface area (Å²) in [5.74, 6) is 0.146. The van der Waals surface area contributed by atoms with Gasteiger partial charge in [0, 0.05) is 61.0 Å². The van der Waals surface area contributed by atoms with E-state index in [0.29, 0.717) is 40.7 Å². The lowest BCUT2D eigenvalue weighted by molar-refractivity contribution is -0.134. The quantitative estimate of drug-likeness (QED) is 0.507. The number of likely N-dealkylation sites (N-methyl/N-ethyl adjacent to an activating group) is 1. The molecule has 1 saturated carbocycles. The first-order valence-corrected chi connectivity index (χ1v) is 14.3. The number of aromatic nitrogens is 1. The average Bonchev–Trinajstić information content (AvgIpc) is 3.29. The van der Waals surface area contributed by atoms with Crippen molar-refractivity contribution in [3.63, 3.8) is 0 Å². The SMILES string of the molecule is CN1CCc2nc(NC(=O)N[C@@H]3C[C@@H](C(=O)N(C)C)CC[C@@H]3NC(=O)C3=Cc4ccc(Cl)cc4OC3)sc2C1. The number of thiazole rings is 1. The Morgan fingerprint density at radius 1 is 1.18 bits per heavy atom. The average molecular weight is 573 g/mol. The van der Waals surface area contributed by atoms with Gasteiger partial charge in [-0.1, -0.05) is 11.6 Å². The number of anilines is 1. The van der Waals surface area contributed by atoms with Crippen molar-refractivity contribution in [2.24, 2.45) is 5.92 Å². The van der Waals surface area contributed by atoms with E-state index < -0.39 is 12.1 Å². The molecule has 2 aliphatic heterocycles. The highest BCUT2D eigenvalue weighted by Gasteiger charge is 2.37. The summed E-state index contributed by atoms with van der Waals surface area (Å²) in [7, 11) is 5.52. The van der Waals surface area contributed by atoms with Gasteiger partial charge in [-0.3, -0.25) is 14.9 Å². The minimum absolute atomic E-state index is 0.0161. The zero-order valence-corrected chi connectivity index (χ0v) is 23.8. The number of ether oxygens (including phenoxy) is 1. The summed E-state index contributed by atoms with van der Waals surface area (Å²) < 4.78 is 5.75. The number of fused-ring (bicyclic) bond motifs is 2. The van der Waals surface area contributed by atoms with Crippen molar-refractivity contribution in [3.05, 3.63) is 44.9 Å². The highest BCUT2D eigenvalue weighted by molar-refractivity contribution is 7.15. The Bertz CT molecular complexity index is 1310. The van der Waals surface area contributed by atoms with Crippen LogP contribution in [0.3, 0.4) is 0 Å². The van der Waals surface area contributed by atoms with Crippen molar-refractivity contribution < 1.29 is 19.1 Å². The van der Waals surface area contributed by atoms with Gasteiger partial charge < -0.3 is 25.2 Å². The van der Waals surface area contributed by atoms with Crippen molar-refractivity contribution in [2.75, 3.05) is 39.6 Å². The van der Waals surface area contributed by atoms with Gasteiger partial charge in [0.05, 0.1) is 17.3 Å². The molecule has 4 amide bonds. The molecule has 1 aliphatic carbocycles. The van der Waals surface area contributed by atoms with Gasteiger partial charge >= 0.3 is 6.03 Å². The number of carbonyl (C=O) groups is 3. The molecular formula is C27H33ClN6O4S. The molecule has 3 aliphatic rings. The Hall–Kier alpha value is -3.15. The molecule has 39 heavy (non-hydrogen) atoms. The van der Waals surface area contributed by atoms with Crippen molar-refractivity contribution in [2.45, 2.75) is 44.3 Å². The Kier molecular flexibility index (Phi) is 8.11. The zero-order valence-electron chi connectivity index (χ0n) is 22.3. The van der Waals surface area contributed by atoms with Crippen LogP contribution in [0.2, 0.25) is 5.02 Å². The maximum absolute atomic E-state index is 13.2. The first kappa shape index (κ1) is 27.4. The van der Waals surface area contributed by atoms with Gasteiger partial charge in [0.25, 0.3) is 5.91 Å². The minimum atomic E-state index is -0.437. The van der Waals surface area contributed by atoms with Gasteiger partial charge in [-0.05, 0) is 50.6 Å². The fourth-order valence-corrected chi connectivity index (χ4v) is 6.55. The Balaban J connectivity index is 1.28. The fourth-order valence-electron chi connectivity index (χ4n) is 5.30. The van der Waals surface area contributed by atoms with E-state index in [1.807, 2.05) is 6.07 Å². The highest BCUT2D eigenvalue weighted by Crippen LogP contribution is 2.31. The lowest BCUT2D eigenvalue weighted by atomic mass is 9.81. The van der Waals surface area contributed by atoms with E-state index in [-0.39, 0.29) is 30.4 Å². The van der Waals surface area contributed by atoms with E-state index in [1.54, 1.807) is 37.2 Å². The molecule has 0 bridgehead atoms. The Labute approximate surface area is 236 Å². The van der Waals surface area contributed by atoms with Gasteiger partial charge in [-0.25, -0.2) is 9.78 Å². The van der Waals surface area contributed by atoms with Crippen molar-refractivity contribution in [1.29, 1.82) is 0 Å². The molecule has 2 aromatic rings. The molecule has 0 saturated heterocycles. The van der Waals surface area contributed by atoms with Crippen LogP contribution in [-0.2, 0) is 22.6 Å². The Morgan fingerprint density at radius 3 is 2.79 bits per heavy atom. The molecular weight excluding hydrogens is 540 g/mol. The molecule has 3 N–H and O–H groups in total. The van der Waals surface area contributed by atoms with Crippen LogP contribution in [-0.4, -0.2) is 79.0 Å². The van der Waals surface area contributed by atoms with Gasteiger partial charge in [0.1, 0.15) is 12.4 Å². The first-order chi connectivity index (χ1) is 18.7. The molecule has 10 nitrogen and oxygen atoms in total. The molecule has 1 aromatic carbocycles. The van der Waals surface area contributed by atoms with E-state index in [1.165, 1.54) is 11.3 Å². The van der Waals surface area contributed by atoms with Gasteiger partial charge in [-0.2, -0.15) is 0 Å². The molecule has 0 unspecified atom stereocenters. The molecule has 12 heteroatoms. The summed E-state index contributed by atoms with van der Waals surface area (Å²) in [4.78, 5) is 48.6. The lowest BCUT2D eigenvalue weighted by Crippen LogP contribution is -2.56. The van der Waals surface area contributed by atoms with E-state index >= 15 is 0 Å². The number of urea groups is 1. The van der Waals surface area contributed by atoms with E-state index in [9.17, 15) is 14.4 Å². The van der Waals surface area contributed by atoms with Crippen molar-refractivity contribution >= 4 is 52.0 Å². The number of halogens is 1. The van der Waals surface area contributed by atoms with E-state index in [4.69, 9.17) is 16.3 Å². The number of rotatable bonds is 5. The maximum Gasteiger partial charge on any atom is 0.321 e. The number of benzene rings is 1. The molecule has 0 spiro atoms. The van der Waals surface area contributed by atoms with Crippen LogP contribution in [0, 0.1) is 5.92 Å². The second kappa shape index (κ2) is 11.5. The number of nitrogens with one attached hydrogen (secondary N) is 3.